The Hall–Kier alpha value is -1.85. The van der Waals surface area contributed by atoms with Gasteiger partial charge in [0, 0.05) is 5.56 Å². The topological polar surface area (TPSA) is 44.7 Å². The first-order valence-corrected chi connectivity index (χ1v) is 8.39. The number of rotatable bonds is 5. The zero-order valence-corrected chi connectivity index (χ0v) is 14.3. The molecule has 0 unspecified atom stereocenters. The molecule has 0 amide bonds. The van der Waals surface area contributed by atoms with Crippen LogP contribution in [0.1, 0.15) is 31.9 Å². The first-order valence-electron chi connectivity index (χ1n) is 7.28. The number of halogens is 1. The van der Waals surface area contributed by atoms with E-state index in [-0.39, 0.29) is 5.75 Å². The van der Waals surface area contributed by atoms with Gasteiger partial charge in [0.25, 0.3) is 0 Å². The van der Waals surface area contributed by atoms with Crippen LogP contribution in [-0.4, -0.2) is 15.5 Å². The second kappa shape index (κ2) is 7.62. The maximum absolute atomic E-state index is 14.0. The molecule has 3 nitrogen and oxygen atoms in total. The maximum atomic E-state index is 14.0. The average molecular weight is 333 g/mol. The highest BCUT2D eigenvalue weighted by Crippen LogP contribution is 2.20. The highest BCUT2D eigenvalue weighted by Gasteiger charge is 2.25. The molecule has 0 aliphatic heterocycles. The number of nitrogens with zero attached hydrogens (tertiary/aromatic N) is 1. The smallest absolute Gasteiger partial charge is 0.165 e. The van der Waals surface area contributed by atoms with Gasteiger partial charge in [0.15, 0.2) is 11.6 Å². The molecule has 2 aromatic carbocycles. The van der Waals surface area contributed by atoms with Crippen LogP contribution in [0, 0.1) is 5.82 Å². The molecule has 0 fully saturated rings. The minimum Gasteiger partial charge on any atom is -0.591 e. The van der Waals surface area contributed by atoms with E-state index in [1.165, 1.54) is 12.3 Å². The molecule has 0 N–H and O–H groups in total. The van der Waals surface area contributed by atoms with Crippen molar-refractivity contribution in [2.45, 2.75) is 32.1 Å². The molecule has 2 aromatic rings. The summed E-state index contributed by atoms with van der Waals surface area (Å²) < 4.78 is 34.9. The molecule has 2 rings (SSSR count). The maximum Gasteiger partial charge on any atom is 0.165 e. The molecule has 0 heterocycles. The molecule has 0 bridgehead atoms. The Kier molecular flexibility index (Phi) is 5.80. The van der Waals surface area contributed by atoms with E-state index in [9.17, 15) is 8.94 Å². The van der Waals surface area contributed by atoms with E-state index in [4.69, 9.17) is 4.74 Å². The SMILES string of the molecule is CC(C)(C)[S@@+]([O-])/N=C/c1ccc(OCc2ccccc2)c(F)c1. The molecule has 23 heavy (non-hydrogen) atoms. The van der Waals surface area contributed by atoms with E-state index in [2.05, 4.69) is 4.40 Å². The van der Waals surface area contributed by atoms with Crippen molar-refractivity contribution in [2.75, 3.05) is 0 Å². The highest BCUT2D eigenvalue weighted by molar-refractivity contribution is 7.91. The molecule has 0 radical (unpaired) electrons. The Balaban J connectivity index is 2.02. The predicted molar refractivity (Wildman–Crippen MR) is 92.7 cm³/mol. The fraction of sp³-hybridized carbons (Fsp3) is 0.278. The van der Waals surface area contributed by atoms with E-state index in [0.29, 0.717) is 12.2 Å². The van der Waals surface area contributed by atoms with Gasteiger partial charge in [-0.15, -0.1) is 0 Å². The normalized spacial score (nSPS) is 13.3. The van der Waals surface area contributed by atoms with Gasteiger partial charge in [-0.05, 0) is 44.5 Å². The van der Waals surface area contributed by atoms with Gasteiger partial charge in [0.1, 0.15) is 22.7 Å². The zero-order valence-electron chi connectivity index (χ0n) is 13.5. The van der Waals surface area contributed by atoms with E-state index >= 15 is 0 Å². The lowest BCUT2D eigenvalue weighted by molar-refractivity contribution is 0.290. The first-order chi connectivity index (χ1) is 10.9. The number of benzene rings is 2. The van der Waals surface area contributed by atoms with Crippen LogP contribution in [0.25, 0.3) is 0 Å². The average Bonchev–Trinajstić information content (AvgIpc) is 2.51. The van der Waals surface area contributed by atoms with E-state index in [0.717, 1.165) is 5.56 Å². The first kappa shape index (κ1) is 17.5. The third-order valence-electron chi connectivity index (χ3n) is 3.01. The lowest BCUT2D eigenvalue weighted by atomic mass is 10.2. The van der Waals surface area contributed by atoms with Crippen molar-refractivity contribution < 1.29 is 13.7 Å². The van der Waals surface area contributed by atoms with Crippen LogP contribution in [0.3, 0.4) is 0 Å². The second-order valence-corrected chi connectivity index (χ2v) is 7.99. The lowest BCUT2D eigenvalue weighted by Crippen LogP contribution is -2.25. The van der Waals surface area contributed by atoms with Gasteiger partial charge in [-0.1, -0.05) is 34.7 Å². The summed E-state index contributed by atoms with van der Waals surface area (Å²) in [5, 5.41) is 0. The zero-order chi connectivity index (χ0) is 16.9. The summed E-state index contributed by atoms with van der Waals surface area (Å²) in [6.07, 6.45) is 1.42. The number of hydrogen-bond donors (Lipinski definition) is 0. The molecule has 122 valence electrons. The molecule has 5 heteroatoms. The largest absolute Gasteiger partial charge is 0.591 e. The minimum absolute atomic E-state index is 0.183. The van der Waals surface area contributed by atoms with Crippen molar-refractivity contribution in [1.29, 1.82) is 0 Å². The van der Waals surface area contributed by atoms with E-state index in [1.54, 1.807) is 12.1 Å². The van der Waals surface area contributed by atoms with E-state index < -0.39 is 21.9 Å². The molecule has 0 aliphatic rings. The summed E-state index contributed by atoms with van der Waals surface area (Å²) in [4.78, 5) is 0. The highest BCUT2D eigenvalue weighted by atomic mass is 32.2. The fourth-order valence-corrected chi connectivity index (χ4v) is 2.25. The summed E-state index contributed by atoms with van der Waals surface area (Å²) in [6.45, 7) is 5.81. The van der Waals surface area contributed by atoms with Crippen LogP contribution in [-0.2, 0) is 18.0 Å². The Bertz CT molecular complexity index is 668. The quantitative estimate of drug-likeness (QED) is 0.605. The molecule has 0 aliphatic carbocycles. The summed E-state index contributed by atoms with van der Waals surface area (Å²) in [5.41, 5.74) is 1.52. The van der Waals surface area contributed by atoms with Crippen molar-refractivity contribution in [3.05, 3.63) is 65.5 Å². The molecular formula is C18H20FNO2S. The van der Waals surface area contributed by atoms with Gasteiger partial charge in [-0.25, -0.2) is 4.39 Å². The Morgan fingerprint density at radius 2 is 1.87 bits per heavy atom. The summed E-state index contributed by atoms with van der Waals surface area (Å²) in [7, 11) is 0. The fourth-order valence-electron chi connectivity index (χ4n) is 1.72. The number of hydrogen-bond acceptors (Lipinski definition) is 3. The molecule has 0 aromatic heterocycles. The molecular weight excluding hydrogens is 313 g/mol. The van der Waals surface area contributed by atoms with Crippen molar-refractivity contribution in [2.24, 2.45) is 4.40 Å². The van der Waals surface area contributed by atoms with Crippen LogP contribution in [0.15, 0.2) is 52.9 Å². The van der Waals surface area contributed by atoms with Gasteiger partial charge in [-0.2, -0.15) is 0 Å². The third-order valence-corrected chi connectivity index (χ3v) is 4.36. The third kappa shape index (κ3) is 5.37. The summed E-state index contributed by atoms with van der Waals surface area (Å²) in [5.74, 6) is -0.283. The molecule has 0 saturated carbocycles. The van der Waals surface area contributed by atoms with Crippen LogP contribution in [0.5, 0.6) is 5.75 Å². The Labute approximate surface area is 139 Å². The standard InChI is InChI=1S/C18H20FNO2S/c1-18(2,3)23(21)20-12-15-9-10-17(16(19)11-15)22-13-14-7-5-4-6-8-14/h4-12H,13H2,1-3H3/b20-12+/t23-/m1/s1. The van der Waals surface area contributed by atoms with E-state index in [1.807, 2.05) is 51.1 Å². The van der Waals surface area contributed by atoms with Crippen LogP contribution in [0.2, 0.25) is 0 Å². The molecule has 0 saturated heterocycles. The molecule has 0 spiro atoms. The van der Waals surface area contributed by atoms with Crippen molar-refractivity contribution in [3.8, 4) is 5.75 Å². The monoisotopic (exact) mass is 333 g/mol. The Morgan fingerprint density at radius 3 is 2.48 bits per heavy atom. The summed E-state index contributed by atoms with van der Waals surface area (Å²) >= 11 is -1.36. The minimum atomic E-state index is -1.36. The Morgan fingerprint density at radius 1 is 1.17 bits per heavy atom. The lowest BCUT2D eigenvalue weighted by Gasteiger charge is -2.17. The van der Waals surface area contributed by atoms with Crippen LogP contribution in [0.4, 0.5) is 4.39 Å². The van der Waals surface area contributed by atoms with Crippen molar-refractivity contribution in [3.63, 3.8) is 0 Å². The predicted octanol–water partition coefficient (Wildman–Crippen LogP) is 4.29. The van der Waals surface area contributed by atoms with Crippen molar-refractivity contribution >= 4 is 17.6 Å². The van der Waals surface area contributed by atoms with Crippen molar-refractivity contribution in [1.82, 2.24) is 0 Å². The summed E-state index contributed by atoms with van der Waals surface area (Å²) in [6, 6.07) is 14.1. The van der Waals surface area contributed by atoms with Crippen LogP contribution < -0.4 is 4.74 Å². The number of ether oxygens (including phenoxy) is 1. The van der Waals surface area contributed by atoms with Gasteiger partial charge < -0.3 is 9.29 Å². The van der Waals surface area contributed by atoms with Gasteiger partial charge in [-0.3, -0.25) is 0 Å². The van der Waals surface area contributed by atoms with Crippen LogP contribution >= 0.6 is 0 Å². The van der Waals surface area contributed by atoms with Gasteiger partial charge >= 0.3 is 0 Å². The molecule has 1 atom stereocenters. The second-order valence-electron chi connectivity index (χ2n) is 6.06. The van der Waals surface area contributed by atoms with Gasteiger partial charge in [0.2, 0.25) is 0 Å². The van der Waals surface area contributed by atoms with Gasteiger partial charge in [0.05, 0.1) is 6.21 Å².